The van der Waals surface area contributed by atoms with Crippen LogP contribution in [0, 0.1) is 5.95 Å². The van der Waals surface area contributed by atoms with Crippen molar-refractivity contribution < 1.29 is 14.3 Å². The predicted molar refractivity (Wildman–Crippen MR) is 68.2 cm³/mol. The second-order valence-corrected chi connectivity index (χ2v) is 4.58. The fourth-order valence-corrected chi connectivity index (χ4v) is 2.26. The molecule has 0 radical (unpaired) electrons. The SMILES string of the molecule is O=C(c1ccnc(F)c1)N1CCCN(CCO)CC1. The van der Waals surface area contributed by atoms with Crippen molar-refractivity contribution in [3.05, 3.63) is 29.8 Å². The van der Waals surface area contributed by atoms with E-state index in [2.05, 4.69) is 9.88 Å². The molecule has 6 heteroatoms. The third-order valence-corrected chi connectivity index (χ3v) is 3.27. The Morgan fingerprint density at radius 3 is 2.95 bits per heavy atom. The quantitative estimate of drug-likeness (QED) is 0.804. The largest absolute Gasteiger partial charge is 0.395 e. The monoisotopic (exact) mass is 267 g/mol. The lowest BCUT2D eigenvalue weighted by molar-refractivity contribution is 0.0760. The van der Waals surface area contributed by atoms with Gasteiger partial charge in [-0.1, -0.05) is 0 Å². The lowest BCUT2D eigenvalue weighted by Gasteiger charge is -2.21. The number of β-amino-alcohol motifs (C(OH)–C–C–N with tert-alkyl or cyclic N) is 1. The first-order valence-electron chi connectivity index (χ1n) is 6.45. The Balaban J connectivity index is 2.00. The molecule has 0 spiro atoms. The summed E-state index contributed by atoms with van der Waals surface area (Å²) in [6, 6.07) is 2.69. The van der Waals surface area contributed by atoms with Gasteiger partial charge in [0, 0.05) is 44.0 Å². The maximum Gasteiger partial charge on any atom is 0.254 e. The van der Waals surface area contributed by atoms with Crippen LogP contribution in [0.25, 0.3) is 0 Å². The number of hydrogen-bond donors (Lipinski definition) is 1. The molecule has 0 saturated carbocycles. The van der Waals surface area contributed by atoms with Crippen molar-refractivity contribution in [1.29, 1.82) is 0 Å². The Hall–Kier alpha value is -1.53. The minimum atomic E-state index is -0.637. The smallest absolute Gasteiger partial charge is 0.254 e. The summed E-state index contributed by atoms with van der Waals surface area (Å²) in [6.45, 7) is 3.62. The van der Waals surface area contributed by atoms with Gasteiger partial charge in [0.15, 0.2) is 0 Å². The van der Waals surface area contributed by atoms with Crippen molar-refractivity contribution in [3.63, 3.8) is 0 Å². The van der Waals surface area contributed by atoms with Crippen molar-refractivity contribution >= 4 is 5.91 Å². The van der Waals surface area contributed by atoms with Gasteiger partial charge in [-0.2, -0.15) is 4.39 Å². The normalized spacial score (nSPS) is 17.3. The van der Waals surface area contributed by atoms with Gasteiger partial charge < -0.3 is 10.0 Å². The summed E-state index contributed by atoms with van der Waals surface area (Å²) in [7, 11) is 0. The van der Waals surface area contributed by atoms with Gasteiger partial charge in [-0.3, -0.25) is 9.69 Å². The number of amides is 1. The predicted octanol–water partition coefficient (Wildman–Crippen LogP) is 0.361. The standard InChI is InChI=1S/C13H18FN3O2/c14-12-10-11(2-3-15-12)13(19)17-5-1-4-16(6-7-17)8-9-18/h2-3,10,18H,1,4-9H2. The molecule has 0 atom stereocenters. The van der Waals surface area contributed by atoms with Gasteiger partial charge in [0.1, 0.15) is 0 Å². The van der Waals surface area contributed by atoms with Gasteiger partial charge in [0.2, 0.25) is 5.95 Å². The molecule has 0 unspecified atom stereocenters. The Morgan fingerprint density at radius 1 is 1.37 bits per heavy atom. The summed E-state index contributed by atoms with van der Waals surface area (Å²) in [5.41, 5.74) is 0.336. The molecular weight excluding hydrogens is 249 g/mol. The summed E-state index contributed by atoms with van der Waals surface area (Å²) in [5.74, 6) is -0.797. The Kier molecular flexibility index (Phi) is 4.81. The first kappa shape index (κ1) is 13.9. The van der Waals surface area contributed by atoms with Gasteiger partial charge in [0.25, 0.3) is 5.91 Å². The first-order chi connectivity index (χ1) is 9.20. The van der Waals surface area contributed by atoms with Gasteiger partial charge in [-0.05, 0) is 19.0 Å². The highest BCUT2D eigenvalue weighted by Crippen LogP contribution is 2.09. The summed E-state index contributed by atoms with van der Waals surface area (Å²) in [5, 5.41) is 8.92. The number of aromatic nitrogens is 1. The molecule has 19 heavy (non-hydrogen) atoms. The fraction of sp³-hybridized carbons (Fsp3) is 0.538. The molecule has 5 nitrogen and oxygen atoms in total. The molecule has 1 fully saturated rings. The van der Waals surface area contributed by atoms with Crippen LogP contribution < -0.4 is 0 Å². The lowest BCUT2D eigenvalue weighted by Crippen LogP contribution is -2.36. The second kappa shape index (κ2) is 6.58. The molecule has 1 aliphatic heterocycles. The molecule has 1 aromatic heterocycles. The Morgan fingerprint density at radius 2 is 2.21 bits per heavy atom. The Bertz CT molecular complexity index is 442. The van der Waals surface area contributed by atoms with Crippen LogP contribution in [0.1, 0.15) is 16.8 Å². The minimum absolute atomic E-state index is 0.128. The number of carbonyl (C=O) groups is 1. The third kappa shape index (κ3) is 3.71. The van der Waals surface area contributed by atoms with Crippen LogP contribution in [0.3, 0.4) is 0 Å². The van der Waals surface area contributed by atoms with Crippen molar-refractivity contribution in [2.75, 3.05) is 39.3 Å². The van der Waals surface area contributed by atoms with Gasteiger partial charge in [-0.25, -0.2) is 4.98 Å². The van der Waals surface area contributed by atoms with Gasteiger partial charge in [0.05, 0.1) is 6.61 Å². The molecule has 1 aliphatic rings. The molecule has 2 rings (SSSR count). The van der Waals surface area contributed by atoms with Crippen molar-refractivity contribution in [2.45, 2.75) is 6.42 Å². The zero-order valence-electron chi connectivity index (χ0n) is 10.8. The van der Waals surface area contributed by atoms with E-state index in [0.29, 0.717) is 25.2 Å². The number of hydrogen-bond acceptors (Lipinski definition) is 4. The molecule has 0 bridgehead atoms. The van der Waals surface area contributed by atoms with Gasteiger partial charge >= 0.3 is 0 Å². The van der Waals surface area contributed by atoms with Crippen molar-refractivity contribution in [3.8, 4) is 0 Å². The average molecular weight is 267 g/mol. The van der Waals surface area contributed by atoms with Gasteiger partial charge in [-0.15, -0.1) is 0 Å². The zero-order chi connectivity index (χ0) is 13.7. The number of pyridine rings is 1. The van der Waals surface area contributed by atoms with Crippen LogP contribution in [0.5, 0.6) is 0 Å². The van der Waals surface area contributed by atoms with E-state index < -0.39 is 5.95 Å². The highest BCUT2D eigenvalue weighted by atomic mass is 19.1. The van der Waals surface area contributed by atoms with Crippen LogP contribution in [-0.2, 0) is 0 Å². The molecule has 0 aromatic carbocycles. The lowest BCUT2D eigenvalue weighted by atomic mass is 10.2. The minimum Gasteiger partial charge on any atom is -0.395 e. The van der Waals surface area contributed by atoms with Crippen molar-refractivity contribution in [2.24, 2.45) is 0 Å². The van der Waals surface area contributed by atoms with Crippen LogP contribution >= 0.6 is 0 Å². The third-order valence-electron chi connectivity index (χ3n) is 3.27. The molecule has 0 aliphatic carbocycles. The number of nitrogens with zero attached hydrogens (tertiary/aromatic N) is 3. The summed E-state index contributed by atoms with van der Waals surface area (Å²) < 4.78 is 13.0. The summed E-state index contributed by atoms with van der Waals surface area (Å²) in [6.07, 6.45) is 2.16. The molecule has 1 aromatic rings. The second-order valence-electron chi connectivity index (χ2n) is 4.58. The average Bonchev–Trinajstić information content (AvgIpc) is 2.64. The topological polar surface area (TPSA) is 56.7 Å². The molecule has 1 N–H and O–H groups in total. The fourth-order valence-electron chi connectivity index (χ4n) is 2.26. The van der Waals surface area contributed by atoms with E-state index in [0.717, 1.165) is 19.5 Å². The molecule has 1 saturated heterocycles. The number of aliphatic hydroxyl groups excluding tert-OH is 1. The van der Waals surface area contributed by atoms with E-state index in [1.807, 2.05) is 0 Å². The van der Waals surface area contributed by atoms with E-state index in [4.69, 9.17) is 5.11 Å². The molecular formula is C13H18FN3O2. The van der Waals surface area contributed by atoms with E-state index in [1.54, 1.807) is 4.90 Å². The van der Waals surface area contributed by atoms with Crippen LogP contribution in [0.4, 0.5) is 4.39 Å². The molecule has 1 amide bonds. The first-order valence-corrected chi connectivity index (χ1v) is 6.45. The van der Waals surface area contributed by atoms with Crippen LogP contribution in [-0.4, -0.2) is 65.1 Å². The highest BCUT2D eigenvalue weighted by Gasteiger charge is 2.20. The molecule has 2 heterocycles. The van der Waals surface area contributed by atoms with E-state index in [-0.39, 0.29) is 12.5 Å². The van der Waals surface area contributed by atoms with Crippen LogP contribution in [0.2, 0.25) is 0 Å². The van der Waals surface area contributed by atoms with Crippen molar-refractivity contribution in [1.82, 2.24) is 14.8 Å². The summed E-state index contributed by atoms with van der Waals surface area (Å²) >= 11 is 0. The highest BCUT2D eigenvalue weighted by molar-refractivity contribution is 5.94. The van der Waals surface area contributed by atoms with E-state index >= 15 is 0 Å². The van der Waals surface area contributed by atoms with E-state index in [9.17, 15) is 9.18 Å². The maximum absolute atomic E-state index is 13.0. The molecule has 104 valence electrons. The van der Waals surface area contributed by atoms with Crippen LogP contribution in [0.15, 0.2) is 18.3 Å². The Labute approximate surface area is 111 Å². The summed E-state index contributed by atoms with van der Waals surface area (Å²) in [4.78, 5) is 19.5. The number of carbonyl (C=O) groups excluding carboxylic acids is 1. The number of rotatable bonds is 3. The maximum atomic E-state index is 13.0. The zero-order valence-corrected chi connectivity index (χ0v) is 10.8. The number of halogens is 1. The number of aliphatic hydroxyl groups is 1. The van der Waals surface area contributed by atoms with E-state index in [1.165, 1.54) is 18.3 Å².